The molecule has 4 aliphatic heterocycles. The maximum Gasteiger partial charge on any atom is 0.264 e. The van der Waals surface area contributed by atoms with Gasteiger partial charge in [0.15, 0.2) is 5.79 Å². The van der Waals surface area contributed by atoms with Crippen LogP contribution in [0.1, 0.15) is 93.1 Å². The van der Waals surface area contributed by atoms with Crippen LogP contribution in [-0.2, 0) is 32.5 Å². The molecule has 2 saturated heterocycles. The number of benzene rings is 2. The second-order valence-electron chi connectivity index (χ2n) is 15.8. The molecular weight excluding hydrogens is 690 g/mol. The number of anilines is 1. The van der Waals surface area contributed by atoms with Gasteiger partial charge in [-0.3, -0.25) is 4.79 Å². The van der Waals surface area contributed by atoms with Crippen LogP contribution in [0.3, 0.4) is 0 Å². The summed E-state index contributed by atoms with van der Waals surface area (Å²) in [7, 11) is -3.96. The third-order valence-corrected chi connectivity index (χ3v) is 14.7. The van der Waals surface area contributed by atoms with Crippen molar-refractivity contribution in [2.24, 2.45) is 17.8 Å². The summed E-state index contributed by atoms with van der Waals surface area (Å²) in [5.41, 5.74) is 2.38. The van der Waals surface area contributed by atoms with Gasteiger partial charge in [0.2, 0.25) is 10.0 Å². The molecule has 0 aromatic heterocycles. The standard InChI is InChI=1S/C39H54ClN3O7S/c1-27-6-5-14-38(45,26-42-18-15-39(16-19-42)49-20-21-50-39)34-12-9-31(34)24-43-17-4-3-7-29-22-33(40)11-8-32(29)25-48-36-13-10-30(23-35(36)43)37(44)41-51(46,47)28(27)2/h8,10-11,13,22-23,27-28,31,34,45H,3-7,9,12,14-21,24-26H2,1-2H3,(H,41,44)/t27-,28+,31-,34+,38-/m0/s1. The average Bonchev–Trinajstić information content (AvgIpc) is 3.53. The number of fused-ring (bicyclic) bond motifs is 3. The van der Waals surface area contributed by atoms with Gasteiger partial charge in [-0.15, -0.1) is 0 Å². The Morgan fingerprint density at radius 2 is 1.73 bits per heavy atom. The van der Waals surface area contributed by atoms with Crippen LogP contribution >= 0.6 is 11.6 Å². The number of hydrogen-bond acceptors (Lipinski definition) is 9. The monoisotopic (exact) mass is 743 g/mol. The Balaban J connectivity index is 1.21. The number of hydrogen-bond donors (Lipinski definition) is 2. The summed E-state index contributed by atoms with van der Waals surface area (Å²) in [6.07, 6.45) is 8.21. The number of piperidine rings is 1. The first kappa shape index (κ1) is 36.9. The lowest BCUT2D eigenvalue weighted by molar-refractivity contribution is -0.192. The minimum Gasteiger partial charge on any atom is -0.487 e. The summed E-state index contributed by atoms with van der Waals surface area (Å²) in [5, 5.41) is 12.7. The molecule has 10 nitrogen and oxygen atoms in total. The highest BCUT2D eigenvalue weighted by Crippen LogP contribution is 2.47. The van der Waals surface area contributed by atoms with Crippen molar-refractivity contribution < 1.29 is 32.5 Å². The average molecular weight is 744 g/mol. The predicted octanol–water partition coefficient (Wildman–Crippen LogP) is 5.93. The number of aliphatic hydroxyl groups is 1. The smallest absolute Gasteiger partial charge is 0.264 e. The van der Waals surface area contributed by atoms with Gasteiger partial charge in [-0.05, 0) is 111 Å². The largest absolute Gasteiger partial charge is 0.487 e. The summed E-state index contributed by atoms with van der Waals surface area (Å²) in [4.78, 5) is 18.3. The molecule has 0 unspecified atom stereocenters. The molecule has 5 aliphatic rings. The molecule has 2 N–H and O–H groups in total. The zero-order chi connectivity index (χ0) is 35.8. The van der Waals surface area contributed by atoms with Crippen molar-refractivity contribution in [1.82, 2.24) is 9.62 Å². The summed E-state index contributed by atoms with van der Waals surface area (Å²) in [5.74, 6) is -0.323. The van der Waals surface area contributed by atoms with Gasteiger partial charge >= 0.3 is 0 Å². The number of amides is 1. The highest BCUT2D eigenvalue weighted by Gasteiger charge is 2.49. The van der Waals surface area contributed by atoms with E-state index in [-0.39, 0.29) is 23.3 Å². The topological polar surface area (TPSA) is 118 Å². The molecule has 1 saturated carbocycles. The van der Waals surface area contributed by atoms with E-state index in [2.05, 4.69) is 14.5 Å². The molecule has 1 amide bonds. The maximum absolute atomic E-state index is 13.6. The molecule has 1 spiro atoms. The highest BCUT2D eigenvalue weighted by atomic mass is 35.5. The minimum absolute atomic E-state index is 0.0946. The zero-order valence-corrected chi connectivity index (χ0v) is 31.7. The minimum atomic E-state index is -3.96. The van der Waals surface area contributed by atoms with Crippen LogP contribution in [0.4, 0.5) is 5.69 Å². The van der Waals surface area contributed by atoms with Crippen LogP contribution in [0.25, 0.3) is 0 Å². The van der Waals surface area contributed by atoms with Gasteiger partial charge in [-0.2, -0.15) is 0 Å². The zero-order valence-electron chi connectivity index (χ0n) is 30.1. The first-order valence-electron chi connectivity index (χ1n) is 19.0. The molecule has 0 radical (unpaired) electrons. The van der Waals surface area contributed by atoms with Gasteiger partial charge in [0.25, 0.3) is 5.91 Å². The molecular formula is C39H54ClN3O7S. The number of rotatable bonds is 2. The van der Waals surface area contributed by atoms with Crippen molar-refractivity contribution in [2.75, 3.05) is 50.8 Å². The number of nitrogens with one attached hydrogen (secondary N) is 1. The van der Waals surface area contributed by atoms with Gasteiger partial charge in [0, 0.05) is 56.2 Å². The van der Waals surface area contributed by atoms with E-state index in [1.165, 1.54) is 5.56 Å². The highest BCUT2D eigenvalue weighted by molar-refractivity contribution is 7.90. The first-order valence-corrected chi connectivity index (χ1v) is 20.9. The fourth-order valence-corrected chi connectivity index (χ4v) is 10.5. The fourth-order valence-electron chi connectivity index (χ4n) is 9.02. The van der Waals surface area contributed by atoms with Crippen LogP contribution in [0.15, 0.2) is 36.4 Å². The molecule has 7 rings (SSSR count). The third-order valence-electron chi connectivity index (χ3n) is 12.5. The molecule has 2 bridgehead atoms. The molecule has 1 aliphatic carbocycles. The van der Waals surface area contributed by atoms with Crippen LogP contribution in [0.5, 0.6) is 5.75 Å². The van der Waals surface area contributed by atoms with Crippen molar-refractivity contribution in [2.45, 2.75) is 101 Å². The maximum atomic E-state index is 13.6. The molecule has 2 aromatic rings. The Kier molecular flexibility index (Phi) is 11.0. The van der Waals surface area contributed by atoms with Crippen molar-refractivity contribution in [3.05, 3.63) is 58.1 Å². The van der Waals surface area contributed by atoms with Crippen LogP contribution in [-0.4, -0.2) is 86.9 Å². The van der Waals surface area contributed by atoms with Crippen molar-refractivity contribution in [3.8, 4) is 5.75 Å². The van der Waals surface area contributed by atoms with E-state index in [9.17, 15) is 18.3 Å². The van der Waals surface area contributed by atoms with E-state index in [4.69, 9.17) is 25.8 Å². The molecule has 51 heavy (non-hydrogen) atoms. The second kappa shape index (κ2) is 15.1. The van der Waals surface area contributed by atoms with Gasteiger partial charge in [0.1, 0.15) is 12.4 Å². The molecule has 5 atom stereocenters. The lowest BCUT2D eigenvalue weighted by Gasteiger charge is -2.51. The molecule has 3 fully saturated rings. The van der Waals surface area contributed by atoms with E-state index in [1.807, 2.05) is 25.1 Å². The van der Waals surface area contributed by atoms with Crippen LogP contribution < -0.4 is 14.4 Å². The number of likely N-dealkylation sites (tertiary alicyclic amines) is 1. The van der Waals surface area contributed by atoms with Crippen molar-refractivity contribution in [1.29, 1.82) is 0 Å². The van der Waals surface area contributed by atoms with Crippen LogP contribution in [0.2, 0.25) is 5.02 Å². The number of aryl methyl sites for hydroxylation is 1. The van der Waals surface area contributed by atoms with Gasteiger partial charge < -0.3 is 29.1 Å². The number of halogens is 1. The van der Waals surface area contributed by atoms with E-state index in [1.54, 1.807) is 25.1 Å². The SMILES string of the molecule is C[C@@H]1[C@@H](C)CCC[C@](O)(CN2CCC3(CC2)OCCO3)[C@@H]2CC[C@H]2CN2CCCCc3cc(Cl)ccc3COc3ccc(cc32)C(=O)NS1(=O)=O. The molecule has 280 valence electrons. The molecule has 4 heterocycles. The van der Waals surface area contributed by atoms with E-state index < -0.39 is 32.6 Å². The number of β-amino-alcohol motifs (C(OH)–C–C–N with tert-alkyl or cyclic N) is 1. The quantitative estimate of drug-likeness (QED) is 0.387. The van der Waals surface area contributed by atoms with Gasteiger partial charge in [0.05, 0.1) is 29.8 Å². The Bertz CT molecular complexity index is 1670. The number of sulfonamides is 1. The van der Waals surface area contributed by atoms with Crippen LogP contribution in [0, 0.1) is 17.8 Å². The third kappa shape index (κ3) is 8.09. The summed E-state index contributed by atoms with van der Waals surface area (Å²) in [6, 6.07) is 11.2. The van der Waals surface area contributed by atoms with E-state index in [0.717, 1.165) is 75.8 Å². The summed E-state index contributed by atoms with van der Waals surface area (Å²) in [6.45, 7) is 8.85. The summed E-state index contributed by atoms with van der Waals surface area (Å²) >= 11 is 6.38. The normalized spacial score (nSPS) is 31.7. The van der Waals surface area contributed by atoms with E-state index in [0.29, 0.717) is 62.9 Å². The molecule has 12 heteroatoms. The second-order valence-corrected chi connectivity index (χ2v) is 18.2. The lowest BCUT2D eigenvalue weighted by Crippen LogP contribution is -2.58. The number of carbonyl (C=O) groups is 1. The Morgan fingerprint density at radius 3 is 2.47 bits per heavy atom. The number of nitrogens with zero attached hydrogens (tertiary/aromatic N) is 2. The Labute approximate surface area is 308 Å². The number of carbonyl (C=O) groups excluding carboxylic acids is 1. The van der Waals surface area contributed by atoms with Crippen molar-refractivity contribution >= 4 is 33.2 Å². The van der Waals surface area contributed by atoms with Gasteiger partial charge in [-0.1, -0.05) is 31.0 Å². The Morgan fingerprint density at radius 1 is 0.941 bits per heavy atom. The van der Waals surface area contributed by atoms with E-state index >= 15 is 0 Å². The summed E-state index contributed by atoms with van der Waals surface area (Å²) < 4.78 is 47.9. The fraction of sp³-hybridized carbons (Fsp3) is 0.667. The number of ether oxygens (including phenoxy) is 3. The first-order chi connectivity index (χ1) is 24.4. The van der Waals surface area contributed by atoms with Gasteiger partial charge in [-0.25, -0.2) is 13.1 Å². The Hall–Kier alpha value is -2.41. The van der Waals surface area contributed by atoms with Crippen molar-refractivity contribution in [3.63, 3.8) is 0 Å². The molecule has 2 aromatic carbocycles. The predicted molar refractivity (Wildman–Crippen MR) is 198 cm³/mol. The lowest BCUT2D eigenvalue weighted by atomic mass is 9.62.